The molecule has 0 aliphatic carbocycles. The predicted molar refractivity (Wildman–Crippen MR) is 67.3 cm³/mol. The maximum absolute atomic E-state index is 5.64. The smallest absolute Gasteiger partial charge is 0.127 e. The highest BCUT2D eigenvalue weighted by Gasteiger charge is 2.06. The van der Waals surface area contributed by atoms with Gasteiger partial charge in [-0.1, -0.05) is 18.2 Å². The normalized spacial score (nSPS) is 12.4. The fourth-order valence-electron chi connectivity index (χ4n) is 1.62. The van der Waals surface area contributed by atoms with Crippen LogP contribution < -0.4 is 5.73 Å². The zero-order valence-electron chi connectivity index (χ0n) is 9.92. The number of ether oxygens (including phenoxy) is 1. The first kappa shape index (κ1) is 11.5. The van der Waals surface area contributed by atoms with Crippen molar-refractivity contribution in [2.24, 2.45) is 0 Å². The Bertz CT molecular complexity index is 514. The van der Waals surface area contributed by atoms with Crippen molar-refractivity contribution in [2.75, 3.05) is 12.8 Å². The second-order valence-electron chi connectivity index (χ2n) is 3.83. The topological polar surface area (TPSA) is 61.0 Å². The van der Waals surface area contributed by atoms with E-state index in [0.29, 0.717) is 5.82 Å². The first-order valence-electron chi connectivity index (χ1n) is 5.41. The summed E-state index contributed by atoms with van der Waals surface area (Å²) < 4.78 is 5.29. The van der Waals surface area contributed by atoms with Gasteiger partial charge in [0.25, 0.3) is 0 Å². The molecule has 0 saturated carbocycles. The number of nitrogens with zero attached hydrogens (tertiary/aromatic N) is 2. The van der Waals surface area contributed by atoms with E-state index in [1.165, 1.54) is 6.33 Å². The van der Waals surface area contributed by atoms with Crippen molar-refractivity contribution in [3.05, 3.63) is 42.2 Å². The molecule has 0 saturated heterocycles. The zero-order chi connectivity index (χ0) is 12.3. The van der Waals surface area contributed by atoms with Gasteiger partial charge in [-0.25, -0.2) is 9.97 Å². The van der Waals surface area contributed by atoms with Crippen LogP contribution in [0.25, 0.3) is 11.3 Å². The van der Waals surface area contributed by atoms with E-state index in [1.54, 1.807) is 13.2 Å². The van der Waals surface area contributed by atoms with Crippen LogP contribution >= 0.6 is 0 Å². The minimum Gasteiger partial charge on any atom is -0.384 e. The predicted octanol–water partition coefficient (Wildman–Crippen LogP) is 2.43. The molecule has 1 heterocycles. The highest BCUT2D eigenvalue weighted by atomic mass is 16.5. The maximum Gasteiger partial charge on any atom is 0.127 e. The molecule has 0 fully saturated rings. The van der Waals surface area contributed by atoms with E-state index >= 15 is 0 Å². The summed E-state index contributed by atoms with van der Waals surface area (Å²) in [6.45, 7) is 2.01. The maximum atomic E-state index is 5.64. The van der Waals surface area contributed by atoms with Crippen molar-refractivity contribution in [3.8, 4) is 11.3 Å². The highest BCUT2D eigenvalue weighted by Crippen LogP contribution is 2.23. The molecular weight excluding hydrogens is 214 g/mol. The Morgan fingerprint density at radius 1 is 1.24 bits per heavy atom. The lowest BCUT2D eigenvalue weighted by Crippen LogP contribution is -1.97. The summed E-state index contributed by atoms with van der Waals surface area (Å²) in [6, 6.07) is 9.82. The minimum atomic E-state index is 0.0640. The summed E-state index contributed by atoms with van der Waals surface area (Å²) in [6.07, 6.45) is 1.53. The van der Waals surface area contributed by atoms with Gasteiger partial charge in [0.2, 0.25) is 0 Å². The third-order valence-corrected chi connectivity index (χ3v) is 2.69. The van der Waals surface area contributed by atoms with Gasteiger partial charge in [0.05, 0.1) is 11.8 Å². The summed E-state index contributed by atoms with van der Waals surface area (Å²) in [7, 11) is 1.69. The largest absolute Gasteiger partial charge is 0.384 e. The fourth-order valence-corrected chi connectivity index (χ4v) is 1.62. The quantitative estimate of drug-likeness (QED) is 0.878. The van der Waals surface area contributed by atoms with Crippen LogP contribution in [-0.4, -0.2) is 17.1 Å². The van der Waals surface area contributed by atoms with Crippen LogP contribution in [0.1, 0.15) is 18.6 Å². The molecule has 1 aromatic carbocycles. The van der Waals surface area contributed by atoms with E-state index in [0.717, 1.165) is 16.8 Å². The van der Waals surface area contributed by atoms with Gasteiger partial charge in [0.15, 0.2) is 0 Å². The highest BCUT2D eigenvalue weighted by molar-refractivity contribution is 5.62. The molecule has 2 aromatic rings. The Kier molecular flexibility index (Phi) is 3.35. The fraction of sp³-hybridized carbons (Fsp3) is 0.231. The van der Waals surface area contributed by atoms with Gasteiger partial charge in [-0.3, -0.25) is 0 Å². The lowest BCUT2D eigenvalue weighted by molar-refractivity contribution is 0.119. The number of methoxy groups -OCH3 is 1. The third kappa shape index (κ3) is 2.60. The number of benzene rings is 1. The van der Waals surface area contributed by atoms with Gasteiger partial charge >= 0.3 is 0 Å². The van der Waals surface area contributed by atoms with E-state index in [-0.39, 0.29) is 6.10 Å². The molecule has 17 heavy (non-hydrogen) atoms. The third-order valence-electron chi connectivity index (χ3n) is 2.69. The Morgan fingerprint density at radius 3 is 2.76 bits per heavy atom. The van der Waals surface area contributed by atoms with Gasteiger partial charge in [-0.05, 0) is 18.6 Å². The van der Waals surface area contributed by atoms with Crippen molar-refractivity contribution >= 4 is 5.82 Å². The van der Waals surface area contributed by atoms with Crippen molar-refractivity contribution in [2.45, 2.75) is 13.0 Å². The van der Waals surface area contributed by atoms with Crippen LogP contribution in [0.5, 0.6) is 0 Å². The molecule has 2 N–H and O–H groups in total. The van der Waals surface area contributed by atoms with Gasteiger partial charge in [-0.15, -0.1) is 0 Å². The summed E-state index contributed by atoms with van der Waals surface area (Å²) in [5.74, 6) is 0.472. The SMILES string of the molecule is CO[C@H](C)c1cccc(-c2cc(N)ncn2)c1. The van der Waals surface area contributed by atoms with Gasteiger partial charge < -0.3 is 10.5 Å². The molecule has 0 aliphatic heterocycles. The lowest BCUT2D eigenvalue weighted by Gasteiger charge is -2.11. The lowest BCUT2D eigenvalue weighted by atomic mass is 10.0. The molecule has 1 aromatic heterocycles. The molecule has 4 nitrogen and oxygen atoms in total. The Labute approximate surface area is 100 Å². The Hall–Kier alpha value is -1.94. The van der Waals surface area contributed by atoms with E-state index in [2.05, 4.69) is 16.0 Å². The number of anilines is 1. The Morgan fingerprint density at radius 2 is 2.06 bits per heavy atom. The van der Waals surface area contributed by atoms with Gasteiger partial charge in [0.1, 0.15) is 12.1 Å². The number of rotatable bonds is 3. The molecule has 2 rings (SSSR count). The Balaban J connectivity index is 2.39. The van der Waals surface area contributed by atoms with Crippen LogP contribution in [0.3, 0.4) is 0 Å². The number of hydrogen-bond acceptors (Lipinski definition) is 4. The van der Waals surface area contributed by atoms with Crippen molar-refractivity contribution < 1.29 is 4.74 Å². The van der Waals surface area contributed by atoms with Crippen LogP contribution in [-0.2, 0) is 4.74 Å². The van der Waals surface area contributed by atoms with Crippen molar-refractivity contribution in [1.29, 1.82) is 0 Å². The number of nitrogen functional groups attached to an aromatic ring is 1. The van der Waals surface area contributed by atoms with Crippen LogP contribution in [0.4, 0.5) is 5.82 Å². The van der Waals surface area contributed by atoms with Crippen LogP contribution in [0.2, 0.25) is 0 Å². The molecular formula is C13H15N3O. The van der Waals surface area contributed by atoms with E-state index in [1.807, 2.05) is 25.1 Å². The van der Waals surface area contributed by atoms with Gasteiger partial charge in [0, 0.05) is 18.7 Å². The number of nitrogens with two attached hydrogens (primary N) is 1. The molecule has 88 valence electrons. The van der Waals surface area contributed by atoms with Gasteiger partial charge in [-0.2, -0.15) is 0 Å². The molecule has 0 bridgehead atoms. The summed E-state index contributed by atoms with van der Waals surface area (Å²) in [4.78, 5) is 8.09. The average Bonchev–Trinajstić information content (AvgIpc) is 2.38. The van der Waals surface area contributed by atoms with Crippen molar-refractivity contribution in [3.63, 3.8) is 0 Å². The molecule has 0 spiro atoms. The van der Waals surface area contributed by atoms with Crippen LogP contribution in [0, 0.1) is 0 Å². The molecule has 0 radical (unpaired) electrons. The molecule has 0 aliphatic rings. The second kappa shape index (κ2) is 4.93. The number of hydrogen-bond donors (Lipinski definition) is 1. The first-order chi connectivity index (χ1) is 8.20. The molecule has 1 atom stereocenters. The van der Waals surface area contributed by atoms with E-state index in [4.69, 9.17) is 10.5 Å². The molecule has 0 amide bonds. The second-order valence-corrected chi connectivity index (χ2v) is 3.83. The minimum absolute atomic E-state index is 0.0640. The number of aromatic nitrogens is 2. The molecule has 4 heteroatoms. The van der Waals surface area contributed by atoms with Crippen molar-refractivity contribution in [1.82, 2.24) is 9.97 Å². The standard InChI is InChI=1S/C13H15N3O/c1-9(17-2)10-4-3-5-11(6-10)12-7-13(14)16-8-15-12/h3-9H,1-2H3,(H2,14,15,16)/t9-/m1/s1. The summed E-state index contributed by atoms with van der Waals surface area (Å²) in [5.41, 5.74) is 8.59. The summed E-state index contributed by atoms with van der Waals surface area (Å²) >= 11 is 0. The van der Waals surface area contributed by atoms with E-state index in [9.17, 15) is 0 Å². The average molecular weight is 229 g/mol. The first-order valence-corrected chi connectivity index (χ1v) is 5.41. The molecule has 0 unspecified atom stereocenters. The van der Waals surface area contributed by atoms with E-state index < -0.39 is 0 Å². The van der Waals surface area contributed by atoms with Crippen LogP contribution in [0.15, 0.2) is 36.7 Å². The zero-order valence-corrected chi connectivity index (χ0v) is 9.92. The summed E-state index contributed by atoms with van der Waals surface area (Å²) in [5, 5.41) is 0. The monoisotopic (exact) mass is 229 g/mol.